The molecule has 0 amide bonds. The molecule has 0 saturated carbocycles. The summed E-state index contributed by atoms with van der Waals surface area (Å²) in [6, 6.07) is 1.69. The number of nitrogens with one attached hydrogen (secondary N) is 2. The molecule has 1 saturated heterocycles. The molecule has 0 aliphatic carbocycles. The standard InChI is InChI=1S/C8H13N3O/c1-11-8(12)4-7(10-11)6-2-3-9-5-6/h4,6,9-10H,2-3,5H2,1H3/t6-/m1/s1. The minimum Gasteiger partial charge on any atom is -0.316 e. The molecule has 2 heterocycles. The van der Waals surface area contributed by atoms with Gasteiger partial charge in [0.15, 0.2) is 0 Å². The summed E-state index contributed by atoms with van der Waals surface area (Å²) in [6.07, 6.45) is 1.12. The van der Waals surface area contributed by atoms with Crippen LogP contribution in [0.2, 0.25) is 0 Å². The van der Waals surface area contributed by atoms with Crippen molar-refractivity contribution in [2.24, 2.45) is 7.05 Å². The lowest BCUT2D eigenvalue weighted by Gasteiger charge is -2.03. The van der Waals surface area contributed by atoms with Crippen LogP contribution in [0, 0.1) is 0 Å². The van der Waals surface area contributed by atoms with Crippen LogP contribution in [0.25, 0.3) is 0 Å². The van der Waals surface area contributed by atoms with Gasteiger partial charge < -0.3 is 5.32 Å². The lowest BCUT2D eigenvalue weighted by Crippen LogP contribution is -2.10. The van der Waals surface area contributed by atoms with Crippen LogP contribution in [-0.2, 0) is 7.05 Å². The molecule has 12 heavy (non-hydrogen) atoms. The van der Waals surface area contributed by atoms with Gasteiger partial charge in [0.1, 0.15) is 0 Å². The van der Waals surface area contributed by atoms with Crippen molar-refractivity contribution in [2.75, 3.05) is 13.1 Å². The normalized spacial score (nSPS) is 23.2. The van der Waals surface area contributed by atoms with Gasteiger partial charge in [-0.25, -0.2) is 0 Å². The Kier molecular flexibility index (Phi) is 1.77. The summed E-state index contributed by atoms with van der Waals surface area (Å²) in [7, 11) is 1.74. The molecule has 66 valence electrons. The van der Waals surface area contributed by atoms with E-state index in [4.69, 9.17) is 0 Å². The number of aromatic nitrogens is 2. The first kappa shape index (κ1) is 7.61. The summed E-state index contributed by atoms with van der Waals surface area (Å²) in [4.78, 5) is 11.1. The maximum absolute atomic E-state index is 11.1. The van der Waals surface area contributed by atoms with Crippen LogP contribution >= 0.6 is 0 Å². The summed E-state index contributed by atoms with van der Waals surface area (Å²) in [6.45, 7) is 2.04. The maximum atomic E-state index is 11.1. The molecule has 0 unspecified atom stereocenters. The number of nitrogens with zero attached hydrogens (tertiary/aromatic N) is 1. The second-order valence-electron chi connectivity index (χ2n) is 3.30. The number of aromatic amines is 1. The van der Waals surface area contributed by atoms with E-state index in [2.05, 4.69) is 10.4 Å². The van der Waals surface area contributed by atoms with Gasteiger partial charge in [-0.1, -0.05) is 0 Å². The quantitative estimate of drug-likeness (QED) is 0.608. The molecular formula is C8H13N3O. The van der Waals surface area contributed by atoms with Crippen LogP contribution in [0.3, 0.4) is 0 Å². The highest BCUT2D eigenvalue weighted by Crippen LogP contribution is 2.18. The third-order valence-corrected chi connectivity index (χ3v) is 2.41. The van der Waals surface area contributed by atoms with Crippen LogP contribution < -0.4 is 10.9 Å². The Morgan fingerprint density at radius 3 is 3.00 bits per heavy atom. The van der Waals surface area contributed by atoms with Crippen LogP contribution in [0.4, 0.5) is 0 Å². The predicted octanol–water partition coefficient (Wildman–Crippen LogP) is -0.210. The Labute approximate surface area is 70.6 Å². The fourth-order valence-corrected chi connectivity index (χ4v) is 1.64. The van der Waals surface area contributed by atoms with E-state index in [-0.39, 0.29) is 5.56 Å². The fraction of sp³-hybridized carbons (Fsp3) is 0.625. The van der Waals surface area contributed by atoms with Crippen LogP contribution in [0.15, 0.2) is 10.9 Å². The van der Waals surface area contributed by atoms with E-state index < -0.39 is 0 Å². The fourth-order valence-electron chi connectivity index (χ4n) is 1.64. The van der Waals surface area contributed by atoms with Gasteiger partial charge in [-0.05, 0) is 13.0 Å². The number of hydrogen-bond acceptors (Lipinski definition) is 2. The van der Waals surface area contributed by atoms with Gasteiger partial charge in [-0.3, -0.25) is 14.6 Å². The summed E-state index contributed by atoms with van der Waals surface area (Å²) < 4.78 is 1.52. The maximum Gasteiger partial charge on any atom is 0.266 e. The molecule has 0 spiro atoms. The topological polar surface area (TPSA) is 49.8 Å². The molecule has 2 N–H and O–H groups in total. The first-order valence-electron chi connectivity index (χ1n) is 4.24. The third kappa shape index (κ3) is 1.18. The average molecular weight is 167 g/mol. The van der Waals surface area contributed by atoms with Crippen molar-refractivity contribution >= 4 is 0 Å². The minimum atomic E-state index is 0.0527. The molecule has 1 aliphatic rings. The molecule has 4 nitrogen and oxygen atoms in total. The third-order valence-electron chi connectivity index (χ3n) is 2.41. The summed E-state index contributed by atoms with van der Waals surface area (Å²) in [5, 5.41) is 6.32. The molecule has 1 aromatic rings. The highest BCUT2D eigenvalue weighted by atomic mass is 16.1. The zero-order chi connectivity index (χ0) is 8.55. The van der Waals surface area contributed by atoms with Crippen molar-refractivity contribution in [3.05, 3.63) is 22.1 Å². The van der Waals surface area contributed by atoms with E-state index in [0.29, 0.717) is 5.92 Å². The Morgan fingerprint density at radius 1 is 1.67 bits per heavy atom. The van der Waals surface area contributed by atoms with Gasteiger partial charge in [0.05, 0.1) is 0 Å². The van der Waals surface area contributed by atoms with Gasteiger partial charge in [0, 0.05) is 31.3 Å². The molecular weight excluding hydrogens is 154 g/mol. The second kappa shape index (κ2) is 2.79. The van der Waals surface area contributed by atoms with Gasteiger partial charge >= 0.3 is 0 Å². The largest absolute Gasteiger partial charge is 0.316 e. The van der Waals surface area contributed by atoms with Crippen LogP contribution in [-0.4, -0.2) is 22.9 Å². The Morgan fingerprint density at radius 2 is 2.50 bits per heavy atom. The second-order valence-corrected chi connectivity index (χ2v) is 3.30. The number of aryl methyl sites for hydroxylation is 1. The van der Waals surface area contributed by atoms with E-state index in [1.54, 1.807) is 13.1 Å². The van der Waals surface area contributed by atoms with Crippen molar-refractivity contribution in [3.63, 3.8) is 0 Å². The van der Waals surface area contributed by atoms with Crippen molar-refractivity contribution in [1.29, 1.82) is 0 Å². The van der Waals surface area contributed by atoms with E-state index >= 15 is 0 Å². The van der Waals surface area contributed by atoms with E-state index in [1.807, 2.05) is 0 Å². The Bertz CT molecular complexity index is 319. The predicted molar refractivity (Wildman–Crippen MR) is 46.3 cm³/mol. The minimum absolute atomic E-state index is 0.0527. The van der Waals surface area contributed by atoms with Crippen molar-refractivity contribution in [2.45, 2.75) is 12.3 Å². The molecule has 0 bridgehead atoms. The van der Waals surface area contributed by atoms with E-state index in [9.17, 15) is 4.79 Å². The summed E-state index contributed by atoms with van der Waals surface area (Å²) >= 11 is 0. The van der Waals surface area contributed by atoms with Gasteiger partial charge in [-0.15, -0.1) is 0 Å². The molecule has 2 rings (SSSR count). The molecule has 0 radical (unpaired) electrons. The van der Waals surface area contributed by atoms with Gasteiger partial charge in [0.25, 0.3) is 5.56 Å². The Balaban J connectivity index is 2.27. The SMILES string of the molecule is Cn1[nH]c([C@@H]2CCNC2)cc1=O. The molecule has 1 aliphatic heterocycles. The van der Waals surface area contributed by atoms with E-state index in [0.717, 1.165) is 25.2 Å². The summed E-state index contributed by atoms with van der Waals surface area (Å²) in [5.41, 5.74) is 1.12. The van der Waals surface area contributed by atoms with Crippen LogP contribution in [0.5, 0.6) is 0 Å². The van der Waals surface area contributed by atoms with Crippen molar-refractivity contribution in [3.8, 4) is 0 Å². The molecule has 1 atom stereocenters. The lowest BCUT2D eigenvalue weighted by atomic mass is 10.1. The smallest absolute Gasteiger partial charge is 0.266 e. The first-order valence-corrected chi connectivity index (χ1v) is 4.24. The first-order chi connectivity index (χ1) is 5.77. The molecule has 1 fully saturated rings. The highest BCUT2D eigenvalue weighted by Gasteiger charge is 2.18. The lowest BCUT2D eigenvalue weighted by molar-refractivity contribution is 0.671. The molecule has 0 aromatic carbocycles. The summed E-state index contributed by atoms with van der Waals surface area (Å²) in [5.74, 6) is 0.499. The zero-order valence-electron chi connectivity index (χ0n) is 7.13. The highest BCUT2D eigenvalue weighted by molar-refractivity contribution is 5.09. The number of hydrogen-bond donors (Lipinski definition) is 2. The van der Waals surface area contributed by atoms with Gasteiger partial charge in [-0.2, -0.15) is 0 Å². The monoisotopic (exact) mass is 167 g/mol. The number of H-pyrrole nitrogens is 1. The molecule has 4 heteroatoms. The van der Waals surface area contributed by atoms with Crippen LogP contribution in [0.1, 0.15) is 18.0 Å². The van der Waals surface area contributed by atoms with Crippen molar-refractivity contribution < 1.29 is 0 Å². The van der Waals surface area contributed by atoms with Gasteiger partial charge in [0.2, 0.25) is 0 Å². The zero-order valence-corrected chi connectivity index (χ0v) is 7.13. The van der Waals surface area contributed by atoms with Crippen molar-refractivity contribution in [1.82, 2.24) is 15.1 Å². The number of rotatable bonds is 1. The average Bonchev–Trinajstić information content (AvgIpc) is 2.61. The molecule has 1 aromatic heterocycles. The van der Waals surface area contributed by atoms with E-state index in [1.165, 1.54) is 4.68 Å². The Hall–Kier alpha value is -1.03.